The largest absolute Gasteiger partial charge is 0.310 e. The predicted molar refractivity (Wildman–Crippen MR) is 84.1 cm³/mol. The molecule has 0 bridgehead atoms. The van der Waals surface area contributed by atoms with Crippen molar-refractivity contribution in [1.29, 1.82) is 0 Å². The summed E-state index contributed by atoms with van der Waals surface area (Å²) in [7, 11) is 0. The monoisotopic (exact) mass is 339 g/mol. The second-order valence-electron chi connectivity index (χ2n) is 6.60. The quantitative estimate of drug-likeness (QED) is 0.799. The van der Waals surface area contributed by atoms with Crippen LogP contribution in [0, 0.1) is 11.2 Å². The summed E-state index contributed by atoms with van der Waals surface area (Å²) in [6, 6.07) is 5.74. The molecule has 0 amide bonds. The van der Waals surface area contributed by atoms with Crippen molar-refractivity contribution in [2.75, 3.05) is 0 Å². The van der Waals surface area contributed by atoms with E-state index in [4.69, 9.17) is 0 Å². The lowest BCUT2D eigenvalue weighted by Crippen LogP contribution is -2.36. The van der Waals surface area contributed by atoms with E-state index in [1.165, 1.54) is 57.4 Å². The van der Waals surface area contributed by atoms with Gasteiger partial charge in [-0.2, -0.15) is 0 Å². The molecule has 0 unspecified atom stereocenters. The summed E-state index contributed by atoms with van der Waals surface area (Å²) in [5.41, 5.74) is 1.44. The minimum absolute atomic E-state index is 0.108. The van der Waals surface area contributed by atoms with Crippen LogP contribution in [-0.2, 0) is 6.54 Å². The van der Waals surface area contributed by atoms with Crippen molar-refractivity contribution in [2.45, 2.75) is 64.0 Å². The summed E-state index contributed by atoms with van der Waals surface area (Å²) in [5.74, 6) is -0.108. The van der Waals surface area contributed by atoms with Gasteiger partial charge < -0.3 is 5.32 Å². The molecule has 2 aliphatic rings. The molecule has 0 heterocycles. The smallest absolute Gasteiger partial charge is 0.127 e. The number of nitrogens with one attached hydrogen (secondary N) is 1. The van der Waals surface area contributed by atoms with E-state index in [-0.39, 0.29) is 5.82 Å². The third-order valence-corrected chi connectivity index (χ3v) is 5.79. The Hall–Kier alpha value is -0.410. The first-order valence-corrected chi connectivity index (χ1v) is 8.64. The normalized spacial score (nSPS) is 22.5. The van der Waals surface area contributed by atoms with Crippen molar-refractivity contribution >= 4 is 15.9 Å². The molecule has 1 aromatic carbocycles. The minimum atomic E-state index is -0.108. The summed E-state index contributed by atoms with van der Waals surface area (Å²) in [6.07, 6.45) is 11.0. The molecule has 1 nitrogen and oxygen atoms in total. The van der Waals surface area contributed by atoms with Gasteiger partial charge in [0.1, 0.15) is 5.82 Å². The lowest BCUT2D eigenvalue weighted by molar-refractivity contribution is 0.168. The Kier molecular flexibility index (Phi) is 4.46. The van der Waals surface area contributed by atoms with E-state index >= 15 is 0 Å². The van der Waals surface area contributed by atoms with Gasteiger partial charge in [0.15, 0.2) is 0 Å². The highest BCUT2D eigenvalue weighted by Gasteiger charge is 2.37. The zero-order valence-electron chi connectivity index (χ0n) is 11.9. The van der Waals surface area contributed by atoms with Gasteiger partial charge in [-0.15, -0.1) is 0 Å². The van der Waals surface area contributed by atoms with Crippen LogP contribution in [0.3, 0.4) is 0 Å². The van der Waals surface area contributed by atoms with Crippen molar-refractivity contribution in [2.24, 2.45) is 5.41 Å². The molecule has 1 N–H and O–H groups in total. The van der Waals surface area contributed by atoms with Crippen LogP contribution < -0.4 is 5.32 Å². The molecule has 0 radical (unpaired) electrons. The Morgan fingerprint density at radius 1 is 1.15 bits per heavy atom. The van der Waals surface area contributed by atoms with Gasteiger partial charge in [0.25, 0.3) is 0 Å². The number of benzene rings is 1. The number of hydrogen-bond donors (Lipinski definition) is 1. The number of halogens is 2. The molecule has 3 rings (SSSR count). The second-order valence-corrected chi connectivity index (χ2v) is 7.51. The molecule has 0 aromatic heterocycles. The van der Waals surface area contributed by atoms with E-state index in [1.807, 2.05) is 6.07 Å². The minimum Gasteiger partial charge on any atom is -0.310 e. The summed E-state index contributed by atoms with van der Waals surface area (Å²) in [4.78, 5) is 0. The van der Waals surface area contributed by atoms with Gasteiger partial charge in [0.2, 0.25) is 0 Å². The van der Waals surface area contributed by atoms with Crippen LogP contribution in [0.25, 0.3) is 0 Å². The molecule has 0 saturated heterocycles. The van der Waals surface area contributed by atoms with Crippen molar-refractivity contribution in [1.82, 2.24) is 5.32 Å². The summed E-state index contributed by atoms with van der Waals surface area (Å²) >= 11 is 3.41. The van der Waals surface area contributed by atoms with Crippen LogP contribution in [0.2, 0.25) is 0 Å². The number of rotatable bonds is 3. The third-order valence-electron chi connectivity index (χ3n) is 5.30. The topological polar surface area (TPSA) is 12.0 Å². The highest BCUT2D eigenvalue weighted by atomic mass is 79.9. The molecule has 0 aliphatic heterocycles. The lowest BCUT2D eigenvalue weighted by atomic mass is 9.71. The maximum Gasteiger partial charge on any atom is 0.127 e. The van der Waals surface area contributed by atoms with Crippen LogP contribution in [0.1, 0.15) is 56.9 Å². The average molecular weight is 340 g/mol. The van der Waals surface area contributed by atoms with Crippen LogP contribution in [-0.4, -0.2) is 6.04 Å². The van der Waals surface area contributed by atoms with Gasteiger partial charge in [-0.25, -0.2) is 4.39 Å². The molecule has 110 valence electrons. The number of hydrogen-bond acceptors (Lipinski definition) is 1. The van der Waals surface area contributed by atoms with Crippen LogP contribution in [0.5, 0.6) is 0 Å². The van der Waals surface area contributed by atoms with E-state index in [0.29, 0.717) is 18.0 Å². The molecule has 1 aromatic rings. The van der Waals surface area contributed by atoms with Gasteiger partial charge in [0.05, 0.1) is 0 Å². The highest BCUT2D eigenvalue weighted by molar-refractivity contribution is 9.10. The fourth-order valence-corrected chi connectivity index (χ4v) is 4.40. The molecule has 2 aliphatic carbocycles. The second kappa shape index (κ2) is 6.15. The summed E-state index contributed by atoms with van der Waals surface area (Å²) in [5, 5.41) is 3.55. The maximum atomic E-state index is 13.7. The first kappa shape index (κ1) is 14.5. The SMILES string of the molecule is Fc1ccc(Br)cc1CNC1CCC2(CCCC2)CC1. The Labute approximate surface area is 129 Å². The highest BCUT2D eigenvalue weighted by Crippen LogP contribution is 2.48. The Morgan fingerprint density at radius 3 is 2.55 bits per heavy atom. The summed E-state index contributed by atoms with van der Waals surface area (Å²) in [6.45, 7) is 0.642. The predicted octanol–water partition coefficient (Wildman–Crippen LogP) is 5.18. The molecule has 20 heavy (non-hydrogen) atoms. The Morgan fingerprint density at radius 2 is 1.85 bits per heavy atom. The Balaban J connectivity index is 1.51. The fourth-order valence-electron chi connectivity index (χ4n) is 3.99. The van der Waals surface area contributed by atoms with E-state index in [9.17, 15) is 4.39 Å². The van der Waals surface area contributed by atoms with Gasteiger partial charge in [0, 0.05) is 22.6 Å². The molecule has 1 spiro atoms. The van der Waals surface area contributed by atoms with Crippen LogP contribution in [0.4, 0.5) is 4.39 Å². The van der Waals surface area contributed by atoms with Crippen LogP contribution >= 0.6 is 15.9 Å². The lowest BCUT2D eigenvalue weighted by Gasteiger charge is -2.37. The fraction of sp³-hybridized carbons (Fsp3) is 0.647. The van der Waals surface area contributed by atoms with Crippen molar-refractivity contribution in [3.8, 4) is 0 Å². The van der Waals surface area contributed by atoms with Gasteiger partial charge >= 0.3 is 0 Å². The van der Waals surface area contributed by atoms with Crippen molar-refractivity contribution in [3.05, 3.63) is 34.1 Å². The average Bonchev–Trinajstić information content (AvgIpc) is 2.90. The van der Waals surface area contributed by atoms with E-state index in [0.717, 1.165) is 10.0 Å². The zero-order valence-corrected chi connectivity index (χ0v) is 13.5. The van der Waals surface area contributed by atoms with Gasteiger partial charge in [-0.1, -0.05) is 28.8 Å². The maximum absolute atomic E-state index is 13.7. The van der Waals surface area contributed by atoms with Crippen LogP contribution in [0.15, 0.2) is 22.7 Å². The van der Waals surface area contributed by atoms with Crippen molar-refractivity contribution in [3.63, 3.8) is 0 Å². The molecule has 2 fully saturated rings. The standard InChI is InChI=1S/C17H23BrFN/c18-14-3-4-16(19)13(11-14)12-20-15-5-9-17(10-6-15)7-1-2-8-17/h3-4,11,15,20H,1-2,5-10,12H2. The van der Waals surface area contributed by atoms with Gasteiger partial charge in [-0.3, -0.25) is 0 Å². The molecule has 0 atom stereocenters. The molecule has 3 heteroatoms. The van der Waals surface area contributed by atoms with E-state index < -0.39 is 0 Å². The van der Waals surface area contributed by atoms with E-state index in [1.54, 1.807) is 6.07 Å². The Bertz CT molecular complexity index is 458. The third kappa shape index (κ3) is 3.25. The zero-order chi connectivity index (χ0) is 14.0. The first-order chi connectivity index (χ1) is 9.67. The first-order valence-electron chi connectivity index (χ1n) is 7.84. The molecular weight excluding hydrogens is 317 g/mol. The summed E-state index contributed by atoms with van der Waals surface area (Å²) < 4.78 is 14.7. The van der Waals surface area contributed by atoms with E-state index in [2.05, 4.69) is 21.2 Å². The van der Waals surface area contributed by atoms with Gasteiger partial charge in [-0.05, 0) is 62.1 Å². The molecular formula is C17H23BrFN. The van der Waals surface area contributed by atoms with Crippen molar-refractivity contribution < 1.29 is 4.39 Å². The molecule has 2 saturated carbocycles.